The number of amides is 1. The average molecular weight is 343 g/mol. The number of hydrogen-bond acceptors (Lipinski definition) is 2. The number of carbonyl (C=O) groups is 1. The van der Waals surface area contributed by atoms with Crippen molar-refractivity contribution in [1.29, 1.82) is 0 Å². The molecular weight excluding hydrogens is 332 g/mol. The summed E-state index contributed by atoms with van der Waals surface area (Å²) in [5.74, 6) is -0.347. The molecule has 0 atom stereocenters. The maximum atomic E-state index is 12.2. The van der Waals surface area contributed by atoms with Crippen molar-refractivity contribution in [2.45, 2.75) is 0 Å². The van der Waals surface area contributed by atoms with Gasteiger partial charge in [0.05, 0.1) is 0 Å². The largest absolute Gasteiger partial charge is 0.320 e. The summed E-state index contributed by atoms with van der Waals surface area (Å²) in [4.78, 5) is 26.0. The number of H-pyrrole nitrogens is 1. The maximum absolute atomic E-state index is 12.2. The molecule has 21 heavy (non-hydrogen) atoms. The van der Waals surface area contributed by atoms with Crippen molar-refractivity contribution in [3.05, 3.63) is 75.1 Å². The first-order chi connectivity index (χ1) is 10.1. The average Bonchev–Trinajstić information content (AvgIpc) is 2.50. The van der Waals surface area contributed by atoms with Gasteiger partial charge in [0, 0.05) is 21.6 Å². The van der Waals surface area contributed by atoms with E-state index in [1.165, 1.54) is 6.07 Å². The van der Waals surface area contributed by atoms with Crippen molar-refractivity contribution >= 4 is 38.3 Å². The molecule has 4 nitrogen and oxygen atoms in total. The minimum absolute atomic E-state index is 0.231. The number of pyridine rings is 1. The van der Waals surface area contributed by atoms with E-state index in [4.69, 9.17) is 0 Å². The highest BCUT2D eigenvalue weighted by molar-refractivity contribution is 9.10. The van der Waals surface area contributed by atoms with E-state index in [2.05, 4.69) is 26.2 Å². The molecule has 0 aliphatic rings. The fourth-order valence-corrected chi connectivity index (χ4v) is 2.62. The summed E-state index contributed by atoms with van der Waals surface area (Å²) in [6.07, 6.45) is 0. The minimum Gasteiger partial charge on any atom is -0.320 e. The van der Waals surface area contributed by atoms with Gasteiger partial charge >= 0.3 is 0 Å². The Kier molecular flexibility index (Phi) is 3.58. The predicted octanol–water partition coefficient (Wildman–Crippen LogP) is 3.54. The summed E-state index contributed by atoms with van der Waals surface area (Å²) in [6.45, 7) is 0. The quantitative estimate of drug-likeness (QED) is 0.748. The summed E-state index contributed by atoms with van der Waals surface area (Å²) in [5, 5.41) is 4.77. The van der Waals surface area contributed by atoms with Gasteiger partial charge < -0.3 is 10.3 Å². The van der Waals surface area contributed by atoms with E-state index in [-0.39, 0.29) is 17.2 Å². The van der Waals surface area contributed by atoms with Crippen LogP contribution in [0.2, 0.25) is 0 Å². The van der Waals surface area contributed by atoms with E-state index in [1.54, 1.807) is 12.1 Å². The molecule has 1 aromatic heterocycles. The van der Waals surface area contributed by atoms with Crippen LogP contribution >= 0.6 is 15.9 Å². The molecule has 5 heteroatoms. The zero-order valence-corrected chi connectivity index (χ0v) is 12.5. The Labute approximate surface area is 128 Å². The highest BCUT2D eigenvalue weighted by Crippen LogP contribution is 2.30. The lowest BCUT2D eigenvalue weighted by atomic mass is 10.1. The van der Waals surface area contributed by atoms with Gasteiger partial charge in [-0.3, -0.25) is 9.59 Å². The molecule has 1 heterocycles. The molecule has 3 aromatic rings. The van der Waals surface area contributed by atoms with Gasteiger partial charge in [-0.2, -0.15) is 0 Å². The van der Waals surface area contributed by atoms with Crippen LogP contribution in [-0.4, -0.2) is 10.9 Å². The Morgan fingerprint density at radius 3 is 2.48 bits per heavy atom. The normalized spacial score (nSPS) is 10.5. The van der Waals surface area contributed by atoms with Crippen molar-refractivity contribution in [2.24, 2.45) is 0 Å². The van der Waals surface area contributed by atoms with Gasteiger partial charge in [-0.05, 0) is 23.6 Å². The zero-order valence-electron chi connectivity index (χ0n) is 10.9. The third kappa shape index (κ3) is 2.73. The second kappa shape index (κ2) is 5.54. The minimum atomic E-state index is -0.347. The number of aromatic amines is 1. The Balaban J connectivity index is 2.01. The third-order valence-corrected chi connectivity index (χ3v) is 3.82. The van der Waals surface area contributed by atoms with Crippen molar-refractivity contribution in [3.8, 4) is 0 Å². The first-order valence-corrected chi connectivity index (χ1v) is 7.12. The van der Waals surface area contributed by atoms with Crippen LogP contribution in [0.5, 0.6) is 0 Å². The Hall–Kier alpha value is -2.40. The van der Waals surface area contributed by atoms with E-state index < -0.39 is 0 Å². The fourth-order valence-electron chi connectivity index (χ4n) is 2.14. The molecule has 3 rings (SSSR count). The standard InChI is InChI=1S/C16H11BrN2O2/c17-12-8-9-13(11-5-2-1-4-10(11)12)19-16(21)14-6-3-7-15(20)18-14/h1-9H,(H,18,20)(H,19,21). The zero-order chi connectivity index (χ0) is 14.8. The van der Waals surface area contributed by atoms with Gasteiger partial charge in [-0.25, -0.2) is 0 Å². The number of carbonyl (C=O) groups excluding carboxylic acids is 1. The Morgan fingerprint density at radius 1 is 0.952 bits per heavy atom. The lowest BCUT2D eigenvalue weighted by Crippen LogP contribution is -2.18. The predicted molar refractivity (Wildman–Crippen MR) is 86.7 cm³/mol. The molecule has 2 aromatic carbocycles. The summed E-state index contributed by atoms with van der Waals surface area (Å²) in [5.41, 5.74) is 0.626. The number of aromatic nitrogens is 1. The van der Waals surface area contributed by atoms with E-state index >= 15 is 0 Å². The van der Waals surface area contributed by atoms with Crippen molar-refractivity contribution < 1.29 is 4.79 Å². The van der Waals surface area contributed by atoms with Crippen LogP contribution in [-0.2, 0) is 0 Å². The molecule has 104 valence electrons. The molecule has 0 saturated carbocycles. The van der Waals surface area contributed by atoms with E-state index in [0.29, 0.717) is 5.69 Å². The number of halogens is 1. The van der Waals surface area contributed by atoms with Gasteiger partial charge in [0.1, 0.15) is 5.69 Å². The molecular formula is C16H11BrN2O2. The highest BCUT2D eigenvalue weighted by atomic mass is 79.9. The summed E-state index contributed by atoms with van der Waals surface area (Å²) < 4.78 is 0.962. The van der Waals surface area contributed by atoms with Gasteiger partial charge in [-0.15, -0.1) is 0 Å². The molecule has 0 aliphatic carbocycles. The molecule has 0 fully saturated rings. The number of benzene rings is 2. The number of nitrogens with one attached hydrogen (secondary N) is 2. The number of anilines is 1. The Morgan fingerprint density at radius 2 is 1.71 bits per heavy atom. The van der Waals surface area contributed by atoms with Crippen molar-refractivity contribution in [1.82, 2.24) is 4.98 Å². The summed E-state index contributed by atoms with van der Waals surface area (Å²) >= 11 is 3.49. The summed E-state index contributed by atoms with van der Waals surface area (Å²) in [6, 6.07) is 15.9. The second-order valence-corrected chi connectivity index (χ2v) is 5.38. The molecule has 0 unspecified atom stereocenters. The lowest BCUT2D eigenvalue weighted by molar-refractivity contribution is 0.102. The molecule has 0 radical (unpaired) electrons. The van der Waals surface area contributed by atoms with Gasteiger partial charge in [0.25, 0.3) is 5.91 Å². The van der Waals surface area contributed by atoms with Gasteiger partial charge in [0.2, 0.25) is 5.56 Å². The van der Waals surface area contributed by atoms with Crippen molar-refractivity contribution in [2.75, 3.05) is 5.32 Å². The van der Waals surface area contributed by atoms with Crippen LogP contribution in [0.25, 0.3) is 10.8 Å². The smallest absolute Gasteiger partial charge is 0.272 e. The first kappa shape index (κ1) is 13.6. The molecule has 1 amide bonds. The van der Waals surface area contributed by atoms with Gasteiger partial charge in [-0.1, -0.05) is 46.3 Å². The Bertz CT molecular complexity index is 887. The van der Waals surface area contributed by atoms with Crippen molar-refractivity contribution in [3.63, 3.8) is 0 Å². The van der Waals surface area contributed by atoms with Crippen LogP contribution in [0.3, 0.4) is 0 Å². The van der Waals surface area contributed by atoms with E-state index in [0.717, 1.165) is 15.2 Å². The van der Waals surface area contributed by atoms with Crippen LogP contribution in [0.1, 0.15) is 10.5 Å². The molecule has 0 saturated heterocycles. The highest BCUT2D eigenvalue weighted by Gasteiger charge is 2.10. The van der Waals surface area contributed by atoms with Crippen LogP contribution in [0.4, 0.5) is 5.69 Å². The first-order valence-electron chi connectivity index (χ1n) is 6.33. The maximum Gasteiger partial charge on any atom is 0.272 e. The molecule has 2 N–H and O–H groups in total. The molecule has 0 aliphatic heterocycles. The number of rotatable bonds is 2. The lowest BCUT2D eigenvalue weighted by Gasteiger charge is -2.10. The number of hydrogen-bond donors (Lipinski definition) is 2. The number of fused-ring (bicyclic) bond motifs is 1. The second-order valence-electron chi connectivity index (χ2n) is 4.52. The fraction of sp³-hybridized carbons (Fsp3) is 0. The van der Waals surface area contributed by atoms with Gasteiger partial charge in [0.15, 0.2) is 0 Å². The SMILES string of the molecule is O=C(Nc1ccc(Br)c2ccccc12)c1cccc(=O)[nH]1. The van der Waals surface area contributed by atoms with Crippen LogP contribution in [0, 0.1) is 0 Å². The monoisotopic (exact) mass is 342 g/mol. The summed E-state index contributed by atoms with van der Waals surface area (Å²) in [7, 11) is 0. The van der Waals surface area contributed by atoms with E-state index in [9.17, 15) is 9.59 Å². The molecule has 0 bridgehead atoms. The molecule has 0 spiro atoms. The van der Waals surface area contributed by atoms with Crippen LogP contribution in [0.15, 0.2) is 63.9 Å². The van der Waals surface area contributed by atoms with E-state index in [1.807, 2.05) is 36.4 Å². The third-order valence-electron chi connectivity index (χ3n) is 3.13. The topological polar surface area (TPSA) is 62.0 Å². The van der Waals surface area contributed by atoms with Crippen LogP contribution < -0.4 is 10.9 Å².